The van der Waals surface area contributed by atoms with Gasteiger partial charge in [-0.1, -0.05) is 0 Å². The molecule has 4 N–H and O–H groups in total. The van der Waals surface area contributed by atoms with E-state index in [-0.39, 0.29) is 24.1 Å². The van der Waals surface area contributed by atoms with Crippen molar-refractivity contribution in [1.29, 1.82) is 0 Å². The molecule has 114 valence electrons. The second kappa shape index (κ2) is 6.23. The maximum Gasteiger partial charge on any atom is 0.308 e. The largest absolute Gasteiger partial charge is 0.481 e. The second-order valence-corrected chi connectivity index (χ2v) is 5.94. The van der Waals surface area contributed by atoms with E-state index >= 15 is 0 Å². The molecule has 2 unspecified atom stereocenters. The second-order valence-electron chi connectivity index (χ2n) is 5.02. The first-order valence-electron chi connectivity index (χ1n) is 6.54. The lowest BCUT2D eigenvalue weighted by molar-refractivity contribution is -0.142. The maximum absolute atomic E-state index is 12.0. The Morgan fingerprint density at radius 2 is 2.24 bits per heavy atom. The lowest BCUT2D eigenvalue weighted by Crippen LogP contribution is -2.38. The Bertz CT molecular complexity index is 572. The lowest BCUT2D eigenvalue weighted by Gasteiger charge is -2.22. The van der Waals surface area contributed by atoms with Gasteiger partial charge >= 0.3 is 5.97 Å². The Labute approximate surface area is 125 Å². The van der Waals surface area contributed by atoms with Gasteiger partial charge in [-0.3, -0.25) is 19.3 Å². The molecule has 0 aromatic carbocycles. The van der Waals surface area contributed by atoms with Gasteiger partial charge in [0.1, 0.15) is 5.00 Å². The predicted octanol–water partition coefficient (Wildman–Crippen LogP) is 0.581. The zero-order valence-electron chi connectivity index (χ0n) is 11.5. The minimum atomic E-state index is -0.834. The summed E-state index contributed by atoms with van der Waals surface area (Å²) in [6, 6.07) is 1.37. The SMILES string of the molecule is CC1C(C(=O)O)CCN1CC(=O)Nc1sccc1C(N)=O. The number of carboxylic acid groups (broad SMARTS) is 1. The number of likely N-dealkylation sites (tertiary alicyclic amines) is 1. The first-order valence-corrected chi connectivity index (χ1v) is 7.42. The predicted molar refractivity (Wildman–Crippen MR) is 78.2 cm³/mol. The number of rotatable bonds is 5. The molecule has 1 aromatic heterocycles. The average Bonchev–Trinajstić information content (AvgIpc) is 2.97. The van der Waals surface area contributed by atoms with Crippen LogP contribution in [-0.2, 0) is 9.59 Å². The molecule has 1 fully saturated rings. The number of thiophene rings is 1. The minimum Gasteiger partial charge on any atom is -0.481 e. The van der Waals surface area contributed by atoms with Crippen LogP contribution in [0.2, 0.25) is 0 Å². The van der Waals surface area contributed by atoms with E-state index in [1.54, 1.807) is 18.4 Å². The van der Waals surface area contributed by atoms with Crippen molar-refractivity contribution in [3.05, 3.63) is 17.0 Å². The first-order chi connectivity index (χ1) is 9.90. The van der Waals surface area contributed by atoms with Gasteiger partial charge in [0, 0.05) is 6.04 Å². The Morgan fingerprint density at radius 3 is 2.81 bits per heavy atom. The molecule has 1 saturated heterocycles. The number of hydrogen-bond donors (Lipinski definition) is 3. The highest BCUT2D eigenvalue weighted by Crippen LogP contribution is 2.25. The molecular weight excluding hydrogens is 294 g/mol. The Morgan fingerprint density at radius 1 is 1.52 bits per heavy atom. The maximum atomic E-state index is 12.0. The number of nitrogens with one attached hydrogen (secondary N) is 1. The van der Waals surface area contributed by atoms with Crippen molar-refractivity contribution < 1.29 is 19.5 Å². The van der Waals surface area contributed by atoms with Gasteiger partial charge in [-0.15, -0.1) is 11.3 Å². The summed E-state index contributed by atoms with van der Waals surface area (Å²) in [6.45, 7) is 2.47. The van der Waals surface area contributed by atoms with Crippen LogP contribution in [0.4, 0.5) is 5.00 Å². The number of carbonyl (C=O) groups is 3. The van der Waals surface area contributed by atoms with Gasteiger partial charge < -0.3 is 16.2 Å². The molecule has 7 nitrogen and oxygen atoms in total. The van der Waals surface area contributed by atoms with Crippen LogP contribution >= 0.6 is 11.3 Å². The van der Waals surface area contributed by atoms with Crippen molar-refractivity contribution in [1.82, 2.24) is 4.90 Å². The Kier molecular flexibility index (Phi) is 4.59. The molecule has 2 atom stereocenters. The quantitative estimate of drug-likeness (QED) is 0.736. The fourth-order valence-electron chi connectivity index (χ4n) is 2.51. The van der Waals surface area contributed by atoms with Gasteiger partial charge in [-0.25, -0.2) is 0 Å². The molecule has 2 heterocycles. The van der Waals surface area contributed by atoms with Crippen LogP contribution in [0.25, 0.3) is 0 Å². The van der Waals surface area contributed by atoms with Crippen molar-refractivity contribution in [2.45, 2.75) is 19.4 Å². The summed E-state index contributed by atoms with van der Waals surface area (Å²) in [4.78, 5) is 36.1. The fraction of sp³-hybridized carbons (Fsp3) is 0.462. The molecule has 2 amide bonds. The van der Waals surface area contributed by atoms with E-state index in [0.29, 0.717) is 18.0 Å². The third-order valence-electron chi connectivity index (χ3n) is 3.73. The van der Waals surface area contributed by atoms with E-state index in [0.717, 1.165) is 0 Å². The van der Waals surface area contributed by atoms with E-state index in [1.807, 2.05) is 4.90 Å². The number of nitrogens with two attached hydrogens (primary N) is 1. The highest BCUT2D eigenvalue weighted by atomic mass is 32.1. The highest BCUT2D eigenvalue weighted by Gasteiger charge is 2.36. The van der Waals surface area contributed by atoms with Crippen molar-refractivity contribution >= 4 is 34.1 Å². The smallest absolute Gasteiger partial charge is 0.308 e. The lowest BCUT2D eigenvalue weighted by atomic mass is 10.0. The molecule has 2 rings (SSSR count). The number of amides is 2. The van der Waals surface area contributed by atoms with Crippen LogP contribution < -0.4 is 11.1 Å². The standard InChI is InChI=1S/C13H17N3O4S/c1-7-8(13(19)20)2-4-16(7)6-10(17)15-12-9(11(14)18)3-5-21-12/h3,5,7-8H,2,4,6H2,1H3,(H2,14,18)(H,15,17)(H,19,20). The molecule has 1 aliphatic heterocycles. The molecule has 1 aromatic rings. The van der Waals surface area contributed by atoms with Crippen LogP contribution in [-0.4, -0.2) is 46.9 Å². The number of hydrogen-bond acceptors (Lipinski definition) is 5. The van der Waals surface area contributed by atoms with Crippen molar-refractivity contribution in [2.75, 3.05) is 18.4 Å². The summed E-state index contributed by atoms with van der Waals surface area (Å²) in [5, 5.41) is 13.8. The normalized spacial score (nSPS) is 22.1. The summed E-state index contributed by atoms with van der Waals surface area (Å²) in [5.41, 5.74) is 5.50. The summed E-state index contributed by atoms with van der Waals surface area (Å²) in [6.07, 6.45) is 0.537. The number of carboxylic acids is 1. The van der Waals surface area contributed by atoms with Gasteiger partial charge in [-0.05, 0) is 31.3 Å². The summed E-state index contributed by atoms with van der Waals surface area (Å²) >= 11 is 1.22. The van der Waals surface area contributed by atoms with Gasteiger partial charge in [0.25, 0.3) is 5.91 Å². The average molecular weight is 311 g/mol. The van der Waals surface area contributed by atoms with E-state index in [1.165, 1.54) is 11.3 Å². The number of aliphatic carboxylic acids is 1. The van der Waals surface area contributed by atoms with Crippen LogP contribution in [0.15, 0.2) is 11.4 Å². The molecular formula is C13H17N3O4S. The monoisotopic (exact) mass is 311 g/mol. The van der Waals surface area contributed by atoms with Crippen LogP contribution in [0.1, 0.15) is 23.7 Å². The fourth-order valence-corrected chi connectivity index (χ4v) is 3.32. The van der Waals surface area contributed by atoms with E-state index in [9.17, 15) is 14.4 Å². The zero-order valence-corrected chi connectivity index (χ0v) is 12.4. The Hall–Kier alpha value is -1.93. The van der Waals surface area contributed by atoms with Gasteiger partial charge in [0.05, 0.1) is 18.0 Å². The van der Waals surface area contributed by atoms with Crippen LogP contribution in [0.5, 0.6) is 0 Å². The topological polar surface area (TPSA) is 113 Å². The molecule has 0 bridgehead atoms. The van der Waals surface area contributed by atoms with Gasteiger partial charge in [0.15, 0.2) is 0 Å². The molecule has 1 aliphatic rings. The van der Waals surface area contributed by atoms with E-state index in [4.69, 9.17) is 10.8 Å². The third-order valence-corrected chi connectivity index (χ3v) is 4.56. The van der Waals surface area contributed by atoms with Crippen molar-refractivity contribution in [2.24, 2.45) is 11.7 Å². The van der Waals surface area contributed by atoms with Gasteiger partial charge in [0.2, 0.25) is 5.91 Å². The van der Waals surface area contributed by atoms with Crippen LogP contribution in [0, 0.1) is 5.92 Å². The summed E-state index contributed by atoms with van der Waals surface area (Å²) in [7, 11) is 0. The molecule has 0 aliphatic carbocycles. The highest BCUT2D eigenvalue weighted by molar-refractivity contribution is 7.14. The number of primary amides is 1. The van der Waals surface area contributed by atoms with Crippen molar-refractivity contribution in [3.63, 3.8) is 0 Å². The summed E-state index contributed by atoms with van der Waals surface area (Å²) < 4.78 is 0. The summed E-state index contributed by atoms with van der Waals surface area (Å²) in [5.74, 6) is -2.15. The molecule has 0 spiro atoms. The number of anilines is 1. The van der Waals surface area contributed by atoms with Crippen molar-refractivity contribution in [3.8, 4) is 0 Å². The first kappa shape index (κ1) is 15.5. The van der Waals surface area contributed by atoms with E-state index in [2.05, 4.69) is 5.32 Å². The minimum absolute atomic E-state index is 0.0983. The molecule has 0 radical (unpaired) electrons. The van der Waals surface area contributed by atoms with E-state index < -0.39 is 17.8 Å². The molecule has 21 heavy (non-hydrogen) atoms. The number of carbonyl (C=O) groups excluding carboxylic acids is 2. The molecule has 8 heteroatoms. The number of nitrogens with zero attached hydrogens (tertiary/aromatic N) is 1. The Balaban J connectivity index is 1.95. The van der Waals surface area contributed by atoms with Crippen LogP contribution in [0.3, 0.4) is 0 Å². The third kappa shape index (κ3) is 3.40. The zero-order chi connectivity index (χ0) is 15.6. The van der Waals surface area contributed by atoms with Gasteiger partial charge in [-0.2, -0.15) is 0 Å². The molecule has 0 saturated carbocycles.